The maximum Gasteiger partial charge on any atom is 0.320 e. The summed E-state index contributed by atoms with van der Waals surface area (Å²) in [6, 6.07) is 7.63. The molecule has 0 aliphatic heterocycles. The van der Waals surface area contributed by atoms with Crippen molar-refractivity contribution in [2.24, 2.45) is 12.1 Å². The van der Waals surface area contributed by atoms with E-state index < -0.39 is 10.8 Å². The van der Waals surface area contributed by atoms with Crippen molar-refractivity contribution in [3.63, 3.8) is 0 Å². The number of benzene rings is 1. The summed E-state index contributed by atoms with van der Waals surface area (Å²) in [6.45, 7) is 0. The Morgan fingerprint density at radius 3 is 3.04 bits per heavy atom. The molecule has 0 bridgehead atoms. The SMILES string of the molecule is Cn1cc([N+](=O)[O-])c(C(=O)N/N=C\c2c[nH]c3ccccc23)n1. The Labute approximate surface area is 129 Å². The molecule has 116 valence electrons. The summed E-state index contributed by atoms with van der Waals surface area (Å²) in [4.78, 5) is 25.3. The molecule has 3 rings (SSSR count). The third-order valence-corrected chi connectivity index (χ3v) is 3.21. The number of aryl methyl sites for hydroxylation is 1. The van der Waals surface area contributed by atoms with Gasteiger partial charge in [-0.25, -0.2) is 5.43 Å². The molecule has 3 aromatic rings. The Morgan fingerprint density at radius 2 is 2.26 bits per heavy atom. The lowest BCUT2D eigenvalue weighted by Gasteiger charge is -1.95. The van der Waals surface area contributed by atoms with Crippen LogP contribution in [0.4, 0.5) is 5.69 Å². The van der Waals surface area contributed by atoms with Crippen molar-refractivity contribution in [2.75, 3.05) is 0 Å². The fourth-order valence-corrected chi connectivity index (χ4v) is 2.19. The normalized spacial score (nSPS) is 11.2. The van der Waals surface area contributed by atoms with Gasteiger partial charge in [0.1, 0.15) is 6.20 Å². The molecule has 0 aliphatic carbocycles. The lowest BCUT2D eigenvalue weighted by molar-refractivity contribution is -0.385. The van der Waals surface area contributed by atoms with Crippen LogP contribution in [-0.4, -0.2) is 31.8 Å². The summed E-state index contributed by atoms with van der Waals surface area (Å²) >= 11 is 0. The first kappa shape index (κ1) is 14.4. The van der Waals surface area contributed by atoms with Gasteiger partial charge in [0, 0.05) is 29.7 Å². The molecule has 9 heteroatoms. The van der Waals surface area contributed by atoms with Gasteiger partial charge >= 0.3 is 5.69 Å². The highest BCUT2D eigenvalue weighted by atomic mass is 16.6. The number of nitrogens with one attached hydrogen (secondary N) is 2. The van der Waals surface area contributed by atoms with Crippen LogP contribution in [0.1, 0.15) is 16.1 Å². The average Bonchev–Trinajstić information content (AvgIpc) is 3.11. The molecular formula is C14H12N6O3. The van der Waals surface area contributed by atoms with E-state index in [1.807, 2.05) is 24.3 Å². The molecule has 0 aliphatic rings. The Hall–Kier alpha value is -3.49. The smallest absolute Gasteiger partial charge is 0.320 e. The summed E-state index contributed by atoms with van der Waals surface area (Å²) in [5.74, 6) is -0.742. The molecule has 1 aromatic carbocycles. The zero-order valence-electron chi connectivity index (χ0n) is 12.1. The van der Waals surface area contributed by atoms with Crippen molar-refractivity contribution in [2.45, 2.75) is 0 Å². The molecule has 0 unspecified atom stereocenters. The van der Waals surface area contributed by atoms with Crippen molar-refractivity contribution >= 4 is 28.7 Å². The minimum atomic E-state index is -0.742. The van der Waals surface area contributed by atoms with Crippen molar-refractivity contribution in [3.8, 4) is 0 Å². The lowest BCUT2D eigenvalue weighted by atomic mass is 10.2. The summed E-state index contributed by atoms with van der Waals surface area (Å²) < 4.78 is 1.20. The highest BCUT2D eigenvalue weighted by molar-refractivity contribution is 6.00. The van der Waals surface area contributed by atoms with Gasteiger partial charge in [0.25, 0.3) is 5.91 Å². The first-order valence-corrected chi connectivity index (χ1v) is 6.64. The van der Waals surface area contributed by atoms with Gasteiger partial charge in [-0.15, -0.1) is 0 Å². The highest BCUT2D eigenvalue weighted by Crippen LogP contribution is 2.16. The Balaban J connectivity index is 1.78. The van der Waals surface area contributed by atoms with E-state index in [1.54, 1.807) is 6.20 Å². The third kappa shape index (κ3) is 2.79. The topological polar surface area (TPSA) is 118 Å². The number of para-hydroxylation sites is 1. The van der Waals surface area contributed by atoms with Gasteiger partial charge in [0.2, 0.25) is 5.69 Å². The fraction of sp³-hybridized carbons (Fsp3) is 0.0714. The summed E-state index contributed by atoms with van der Waals surface area (Å²) in [5.41, 5.74) is 3.33. The first-order valence-electron chi connectivity index (χ1n) is 6.64. The predicted molar refractivity (Wildman–Crippen MR) is 83.2 cm³/mol. The van der Waals surface area contributed by atoms with Gasteiger partial charge in [0.05, 0.1) is 11.1 Å². The number of hydrazone groups is 1. The Morgan fingerprint density at radius 1 is 1.48 bits per heavy atom. The number of rotatable bonds is 4. The van der Waals surface area contributed by atoms with Crippen LogP contribution in [0.5, 0.6) is 0 Å². The molecule has 0 saturated heterocycles. The number of amides is 1. The number of carbonyl (C=O) groups is 1. The van der Waals surface area contributed by atoms with Crippen molar-refractivity contribution in [1.29, 1.82) is 0 Å². The van der Waals surface area contributed by atoms with Gasteiger partial charge in [-0.05, 0) is 6.07 Å². The van der Waals surface area contributed by atoms with Crippen molar-refractivity contribution < 1.29 is 9.72 Å². The van der Waals surface area contributed by atoms with Crippen LogP contribution >= 0.6 is 0 Å². The van der Waals surface area contributed by atoms with E-state index in [9.17, 15) is 14.9 Å². The molecule has 0 fully saturated rings. The Bertz CT molecular complexity index is 924. The number of nitrogens with zero attached hydrogens (tertiary/aromatic N) is 4. The minimum Gasteiger partial charge on any atom is -0.361 e. The summed E-state index contributed by atoms with van der Waals surface area (Å²) in [6.07, 6.45) is 4.38. The number of aromatic amines is 1. The second kappa shape index (κ2) is 5.72. The van der Waals surface area contributed by atoms with Gasteiger partial charge in [-0.1, -0.05) is 18.2 Å². The molecule has 23 heavy (non-hydrogen) atoms. The van der Waals surface area contributed by atoms with E-state index in [1.165, 1.54) is 17.9 Å². The Kier molecular flexibility index (Phi) is 3.59. The number of hydrogen-bond acceptors (Lipinski definition) is 5. The van der Waals surface area contributed by atoms with Crippen LogP contribution in [0.3, 0.4) is 0 Å². The van der Waals surface area contributed by atoms with Crippen LogP contribution in [0.25, 0.3) is 10.9 Å². The number of aromatic nitrogens is 3. The molecule has 2 aromatic heterocycles. The zero-order chi connectivity index (χ0) is 16.4. The molecule has 9 nitrogen and oxygen atoms in total. The molecule has 1 amide bonds. The van der Waals surface area contributed by atoms with Crippen molar-refractivity contribution in [1.82, 2.24) is 20.2 Å². The second-order valence-corrected chi connectivity index (χ2v) is 4.78. The fourth-order valence-electron chi connectivity index (χ4n) is 2.19. The highest BCUT2D eigenvalue weighted by Gasteiger charge is 2.24. The number of carbonyl (C=O) groups excluding carboxylic acids is 1. The second-order valence-electron chi connectivity index (χ2n) is 4.78. The molecule has 0 atom stereocenters. The van der Waals surface area contributed by atoms with E-state index in [-0.39, 0.29) is 11.4 Å². The van der Waals surface area contributed by atoms with Crippen LogP contribution in [0.15, 0.2) is 41.8 Å². The zero-order valence-corrected chi connectivity index (χ0v) is 12.1. The van der Waals surface area contributed by atoms with Crippen LogP contribution < -0.4 is 5.43 Å². The molecule has 0 radical (unpaired) electrons. The molecule has 2 N–H and O–H groups in total. The summed E-state index contributed by atoms with van der Waals surface area (Å²) in [5, 5.41) is 19.4. The lowest BCUT2D eigenvalue weighted by Crippen LogP contribution is -2.19. The van der Waals surface area contributed by atoms with Crippen LogP contribution in [0, 0.1) is 10.1 Å². The largest absolute Gasteiger partial charge is 0.361 e. The monoisotopic (exact) mass is 312 g/mol. The third-order valence-electron chi connectivity index (χ3n) is 3.21. The number of nitro groups is 1. The van der Waals surface area contributed by atoms with E-state index in [0.29, 0.717) is 0 Å². The van der Waals surface area contributed by atoms with Gasteiger partial charge in [-0.3, -0.25) is 19.6 Å². The maximum absolute atomic E-state index is 12.0. The number of fused-ring (bicyclic) bond motifs is 1. The van der Waals surface area contributed by atoms with Crippen molar-refractivity contribution in [3.05, 3.63) is 58.0 Å². The van der Waals surface area contributed by atoms with Gasteiger partial charge in [-0.2, -0.15) is 10.2 Å². The van der Waals surface area contributed by atoms with E-state index >= 15 is 0 Å². The van der Waals surface area contributed by atoms with Crippen LogP contribution in [-0.2, 0) is 7.05 Å². The standard InChI is InChI=1S/C14H12N6O3/c1-19-8-12(20(22)23)13(18-19)14(21)17-16-7-9-6-15-11-5-3-2-4-10(9)11/h2-8,15H,1H3,(H,17,21)/b16-7-. The summed E-state index contributed by atoms with van der Waals surface area (Å²) in [7, 11) is 1.50. The van der Waals surface area contributed by atoms with Gasteiger partial charge in [0.15, 0.2) is 0 Å². The first-order chi connectivity index (χ1) is 11.1. The predicted octanol–water partition coefficient (Wildman–Crippen LogP) is 1.57. The van der Waals surface area contributed by atoms with E-state index in [0.717, 1.165) is 22.7 Å². The van der Waals surface area contributed by atoms with Gasteiger partial charge < -0.3 is 4.98 Å². The molecule has 2 heterocycles. The molecule has 0 saturated carbocycles. The number of hydrogen-bond donors (Lipinski definition) is 2. The number of H-pyrrole nitrogens is 1. The molecule has 0 spiro atoms. The van der Waals surface area contributed by atoms with E-state index in [2.05, 4.69) is 20.6 Å². The average molecular weight is 312 g/mol. The van der Waals surface area contributed by atoms with E-state index in [4.69, 9.17) is 0 Å². The quantitative estimate of drug-likeness (QED) is 0.432. The maximum atomic E-state index is 12.0. The minimum absolute atomic E-state index is 0.284. The molecular weight excluding hydrogens is 300 g/mol. The van der Waals surface area contributed by atoms with Crippen LogP contribution in [0.2, 0.25) is 0 Å².